The van der Waals surface area contributed by atoms with E-state index in [9.17, 15) is 4.79 Å². The van der Waals surface area contributed by atoms with Crippen LogP contribution in [-0.2, 0) is 0 Å². The monoisotopic (exact) mass is 363 g/mol. The smallest absolute Gasteiger partial charge is 0.276 e. The van der Waals surface area contributed by atoms with E-state index in [1.54, 1.807) is 4.40 Å². The predicted molar refractivity (Wildman–Crippen MR) is 104 cm³/mol. The first-order chi connectivity index (χ1) is 12.7. The SMILES string of the molecule is CCOc1ccc(/C=c2\sc3nnc(-c4ccccc4C)n3c2=O)cc1. The summed E-state index contributed by atoms with van der Waals surface area (Å²) in [6.07, 6.45) is 1.87. The molecule has 0 unspecified atom stereocenters. The van der Waals surface area contributed by atoms with E-state index in [2.05, 4.69) is 10.2 Å². The average Bonchev–Trinajstić information content (AvgIpc) is 3.18. The second kappa shape index (κ2) is 6.72. The highest BCUT2D eigenvalue weighted by atomic mass is 32.1. The molecule has 4 aromatic rings. The van der Waals surface area contributed by atoms with Gasteiger partial charge in [-0.1, -0.05) is 47.7 Å². The second-order valence-corrected chi connectivity index (χ2v) is 6.88. The highest BCUT2D eigenvalue weighted by molar-refractivity contribution is 7.15. The molecule has 6 heteroatoms. The van der Waals surface area contributed by atoms with Gasteiger partial charge in [-0.3, -0.25) is 4.79 Å². The molecule has 2 aromatic carbocycles. The van der Waals surface area contributed by atoms with E-state index in [0.29, 0.717) is 21.9 Å². The number of hydrogen-bond donors (Lipinski definition) is 0. The van der Waals surface area contributed by atoms with E-state index in [1.165, 1.54) is 11.3 Å². The van der Waals surface area contributed by atoms with Crippen LogP contribution in [0.5, 0.6) is 5.75 Å². The molecule has 0 bridgehead atoms. The van der Waals surface area contributed by atoms with Crippen LogP contribution >= 0.6 is 11.3 Å². The predicted octanol–water partition coefficient (Wildman–Crippen LogP) is 3.07. The second-order valence-electron chi connectivity index (χ2n) is 5.87. The number of hydrogen-bond acceptors (Lipinski definition) is 5. The van der Waals surface area contributed by atoms with Gasteiger partial charge < -0.3 is 4.74 Å². The van der Waals surface area contributed by atoms with E-state index in [-0.39, 0.29) is 5.56 Å². The first-order valence-corrected chi connectivity index (χ1v) is 9.17. The molecular weight excluding hydrogens is 346 g/mol. The van der Waals surface area contributed by atoms with Crippen molar-refractivity contribution < 1.29 is 4.74 Å². The Morgan fingerprint density at radius 3 is 2.62 bits per heavy atom. The summed E-state index contributed by atoms with van der Waals surface area (Å²) in [5.41, 5.74) is 2.83. The summed E-state index contributed by atoms with van der Waals surface area (Å²) in [5, 5.41) is 8.41. The quantitative estimate of drug-likeness (QED) is 0.559. The van der Waals surface area contributed by atoms with Crippen LogP contribution in [0.25, 0.3) is 22.4 Å². The molecule has 0 aliphatic carbocycles. The third-order valence-corrected chi connectivity index (χ3v) is 5.08. The molecule has 130 valence electrons. The Bertz CT molecular complexity index is 1180. The van der Waals surface area contributed by atoms with Crippen LogP contribution < -0.4 is 14.8 Å². The maximum absolute atomic E-state index is 12.9. The van der Waals surface area contributed by atoms with Crippen molar-refractivity contribution in [3.05, 3.63) is 74.5 Å². The first-order valence-electron chi connectivity index (χ1n) is 8.36. The Morgan fingerprint density at radius 2 is 1.88 bits per heavy atom. The maximum Gasteiger partial charge on any atom is 0.276 e. The summed E-state index contributed by atoms with van der Waals surface area (Å²) in [7, 11) is 0. The minimum Gasteiger partial charge on any atom is -0.494 e. The van der Waals surface area contributed by atoms with Gasteiger partial charge in [0.25, 0.3) is 5.56 Å². The maximum atomic E-state index is 12.9. The number of ether oxygens (including phenoxy) is 1. The van der Waals surface area contributed by atoms with Gasteiger partial charge in [-0.15, -0.1) is 10.2 Å². The number of thiazole rings is 1. The Hall–Kier alpha value is -2.99. The molecule has 0 amide bonds. The Kier molecular flexibility index (Phi) is 4.26. The number of aryl methyl sites for hydroxylation is 1. The van der Waals surface area contributed by atoms with Gasteiger partial charge in [0.15, 0.2) is 5.82 Å². The summed E-state index contributed by atoms with van der Waals surface area (Å²) in [4.78, 5) is 13.5. The van der Waals surface area contributed by atoms with Crippen molar-refractivity contribution in [3.63, 3.8) is 0 Å². The Labute approximate surface area is 154 Å². The zero-order valence-electron chi connectivity index (χ0n) is 14.5. The molecule has 4 rings (SSSR count). The topological polar surface area (TPSA) is 56.5 Å². The van der Waals surface area contributed by atoms with Gasteiger partial charge >= 0.3 is 0 Å². The lowest BCUT2D eigenvalue weighted by atomic mass is 10.1. The van der Waals surface area contributed by atoms with Crippen molar-refractivity contribution in [2.75, 3.05) is 6.61 Å². The number of nitrogens with zero attached hydrogens (tertiary/aromatic N) is 3. The molecule has 0 spiro atoms. The fourth-order valence-electron chi connectivity index (χ4n) is 2.84. The number of rotatable bonds is 4. The van der Waals surface area contributed by atoms with Gasteiger partial charge in [0.2, 0.25) is 4.96 Å². The molecule has 0 N–H and O–H groups in total. The highest BCUT2D eigenvalue weighted by Gasteiger charge is 2.15. The Balaban J connectivity index is 1.82. The van der Waals surface area contributed by atoms with Gasteiger partial charge in [0, 0.05) is 5.56 Å². The molecule has 0 radical (unpaired) electrons. The van der Waals surface area contributed by atoms with Gasteiger partial charge in [0.1, 0.15) is 5.75 Å². The summed E-state index contributed by atoms with van der Waals surface area (Å²) in [6, 6.07) is 15.5. The summed E-state index contributed by atoms with van der Waals surface area (Å²) >= 11 is 1.34. The molecule has 26 heavy (non-hydrogen) atoms. The van der Waals surface area contributed by atoms with Gasteiger partial charge in [-0.2, -0.15) is 0 Å². The third kappa shape index (κ3) is 2.88. The average molecular weight is 363 g/mol. The minimum atomic E-state index is -0.0952. The van der Waals surface area contributed by atoms with Crippen LogP contribution in [0.4, 0.5) is 0 Å². The van der Waals surface area contributed by atoms with Gasteiger partial charge in [-0.25, -0.2) is 4.40 Å². The van der Waals surface area contributed by atoms with Crippen molar-refractivity contribution in [1.82, 2.24) is 14.6 Å². The molecule has 0 saturated carbocycles. The van der Waals surface area contributed by atoms with Crippen molar-refractivity contribution in [1.29, 1.82) is 0 Å². The summed E-state index contributed by atoms with van der Waals surface area (Å²) in [5.74, 6) is 1.41. The van der Waals surface area contributed by atoms with E-state index in [0.717, 1.165) is 22.4 Å². The Morgan fingerprint density at radius 1 is 1.12 bits per heavy atom. The van der Waals surface area contributed by atoms with E-state index in [4.69, 9.17) is 4.74 Å². The number of aromatic nitrogens is 3. The van der Waals surface area contributed by atoms with E-state index in [1.807, 2.05) is 68.5 Å². The van der Waals surface area contributed by atoms with Crippen LogP contribution in [0.1, 0.15) is 18.1 Å². The summed E-state index contributed by atoms with van der Waals surface area (Å²) < 4.78 is 7.67. The van der Waals surface area contributed by atoms with Crippen LogP contribution in [0.2, 0.25) is 0 Å². The largest absolute Gasteiger partial charge is 0.494 e. The summed E-state index contributed by atoms with van der Waals surface area (Å²) in [6.45, 7) is 4.58. The first kappa shape index (κ1) is 16.5. The van der Waals surface area contributed by atoms with E-state index < -0.39 is 0 Å². The molecule has 2 aromatic heterocycles. The number of fused-ring (bicyclic) bond motifs is 1. The molecule has 0 saturated heterocycles. The normalized spacial score (nSPS) is 12.0. The molecular formula is C20H17N3O2S. The van der Waals surface area contributed by atoms with Crippen molar-refractivity contribution in [3.8, 4) is 17.1 Å². The van der Waals surface area contributed by atoms with Gasteiger partial charge in [0.05, 0.1) is 11.1 Å². The van der Waals surface area contributed by atoms with Crippen molar-refractivity contribution in [2.24, 2.45) is 0 Å². The third-order valence-electron chi connectivity index (χ3n) is 4.12. The fraction of sp³-hybridized carbons (Fsp3) is 0.150. The highest BCUT2D eigenvalue weighted by Crippen LogP contribution is 2.21. The van der Waals surface area contributed by atoms with Crippen molar-refractivity contribution >= 4 is 22.4 Å². The molecule has 2 heterocycles. The fourth-order valence-corrected chi connectivity index (χ4v) is 3.75. The lowest BCUT2D eigenvalue weighted by Crippen LogP contribution is -2.23. The van der Waals surface area contributed by atoms with Crippen LogP contribution in [-0.4, -0.2) is 21.2 Å². The van der Waals surface area contributed by atoms with Crippen LogP contribution in [0, 0.1) is 6.92 Å². The number of benzene rings is 2. The lowest BCUT2D eigenvalue weighted by Gasteiger charge is -2.01. The van der Waals surface area contributed by atoms with Crippen LogP contribution in [0.15, 0.2) is 53.3 Å². The standard InChI is InChI=1S/C20H17N3O2S/c1-3-25-15-10-8-14(9-11-15)12-17-19(24)23-18(21-22-20(23)26-17)16-7-5-4-6-13(16)2/h4-12H,3H2,1-2H3/b17-12-. The van der Waals surface area contributed by atoms with E-state index >= 15 is 0 Å². The molecule has 0 aliphatic heterocycles. The lowest BCUT2D eigenvalue weighted by molar-refractivity contribution is 0.340. The molecule has 0 aliphatic rings. The van der Waals surface area contributed by atoms with Crippen molar-refractivity contribution in [2.45, 2.75) is 13.8 Å². The molecule has 0 fully saturated rings. The zero-order valence-corrected chi connectivity index (χ0v) is 15.3. The zero-order chi connectivity index (χ0) is 18.1. The van der Waals surface area contributed by atoms with Gasteiger partial charge in [-0.05, 0) is 43.2 Å². The molecule has 5 nitrogen and oxygen atoms in total. The molecule has 0 atom stereocenters. The minimum absolute atomic E-state index is 0.0952. The van der Waals surface area contributed by atoms with Crippen LogP contribution in [0.3, 0.4) is 0 Å².